The van der Waals surface area contributed by atoms with Crippen molar-refractivity contribution in [3.63, 3.8) is 0 Å². The van der Waals surface area contributed by atoms with Gasteiger partial charge in [0.05, 0.1) is 0 Å². The van der Waals surface area contributed by atoms with Crippen molar-refractivity contribution in [1.29, 1.82) is 0 Å². The largest absolute Gasteiger partial charge is 0.396 e. The molecule has 0 amide bonds. The molecule has 1 aliphatic carbocycles. The Morgan fingerprint density at radius 2 is 2.10 bits per heavy atom. The lowest BCUT2D eigenvalue weighted by Crippen LogP contribution is -2.37. The van der Waals surface area contributed by atoms with Gasteiger partial charge in [0.2, 0.25) is 10.0 Å². The van der Waals surface area contributed by atoms with E-state index >= 15 is 0 Å². The number of aliphatic hydroxyl groups excluding tert-OH is 1. The molecule has 0 unspecified atom stereocenters. The van der Waals surface area contributed by atoms with E-state index in [0.29, 0.717) is 17.0 Å². The normalized spacial score (nSPS) is 23.5. The highest BCUT2D eigenvalue weighted by atomic mass is 32.2. The molecule has 6 nitrogen and oxygen atoms in total. The molecule has 0 bridgehead atoms. The minimum absolute atomic E-state index is 0.0561. The van der Waals surface area contributed by atoms with Gasteiger partial charge in [0, 0.05) is 30.4 Å². The Morgan fingerprint density at radius 1 is 1.33 bits per heavy atom. The molecular weight excluding hydrogens is 290 g/mol. The molecule has 0 radical (unpaired) electrons. The van der Waals surface area contributed by atoms with Gasteiger partial charge in [0.25, 0.3) is 0 Å². The molecule has 0 aliphatic heterocycles. The van der Waals surface area contributed by atoms with Crippen molar-refractivity contribution in [3.05, 3.63) is 24.5 Å². The van der Waals surface area contributed by atoms with Gasteiger partial charge in [-0.2, -0.15) is 0 Å². The van der Waals surface area contributed by atoms with Crippen LogP contribution in [0.2, 0.25) is 0 Å². The van der Waals surface area contributed by atoms with Crippen LogP contribution in [0.15, 0.2) is 29.4 Å². The highest BCUT2D eigenvalue weighted by molar-refractivity contribution is 7.89. The topological polar surface area (TPSA) is 95.1 Å². The van der Waals surface area contributed by atoms with Gasteiger partial charge in [-0.25, -0.2) is 18.1 Å². The van der Waals surface area contributed by atoms with Crippen LogP contribution in [0.5, 0.6) is 0 Å². The lowest BCUT2D eigenvalue weighted by atomic mass is 9.87. The van der Waals surface area contributed by atoms with Crippen molar-refractivity contribution >= 4 is 21.1 Å². The first-order valence-electron chi connectivity index (χ1n) is 7.15. The van der Waals surface area contributed by atoms with Crippen LogP contribution in [0.1, 0.15) is 25.7 Å². The molecule has 1 saturated carbocycles. The number of pyridine rings is 1. The molecule has 1 aliphatic rings. The first-order valence-corrected chi connectivity index (χ1v) is 8.64. The number of H-pyrrole nitrogens is 1. The third-order valence-electron chi connectivity index (χ3n) is 4.13. The number of sulfonamides is 1. The number of hydrogen-bond donors (Lipinski definition) is 3. The van der Waals surface area contributed by atoms with Crippen LogP contribution in [-0.4, -0.2) is 36.1 Å². The standard InChI is InChI=1S/C14H19N3O3S/c18-9-10-3-5-11(6-4-10)17-21(19,20)13-8-16-14-12(13)2-1-7-15-14/h1-2,7-8,10-11,17-18H,3-6,9H2,(H,15,16). The number of nitrogens with one attached hydrogen (secondary N) is 2. The second-order valence-corrected chi connectivity index (χ2v) is 7.26. The van der Waals surface area contributed by atoms with Crippen LogP contribution >= 0.6 is 0 Å². The van der Waals surface area contributed by atoms with Gasteiger partial charge in [-0.05, 0) is 43.7 Å². The Hall–Kier alpha value is -1.44. The number of aliphatic hydroxyl groups is 1. The third-order valence-corrected chi connectivity index (χ3v) is 5.69. The highest BCUT2D eigenvalue weighted by Crippen LogP contribution is 2.26. The molecule has 7 heteroatoms. The van der Waals surface area contributed by atoms with Gasteiger partial charge in [-0.1, -0.05) is 0 Å². The third kappa shape index (κ3) is 2.95. The maximum absolute atomic E-state index is 12.5. The van der Waals surface area contributed by atoms with Crippen LogP contribution in [0.25, 0.3) is 11.0 Å². The molecule has 2 heterocycles. The van der Waals surface area contributed by atoms with Gasteiger partial charge >= 0.3 is 0 Å². The van der Waals surface area contributed by atoms with Crippen molar-refractivity contribution in [1.82, 2.24) is 14.7 Å². The molecule has 0 atom stereocenters. The smallest absolute Gasteiger partial charge is 0.243 e. The molecule has 1 fully saturated rings. The zero-order chi connectivity index (χ0) is 14.9. The van der Waals surface area contributed by atoms with Crippen LogP contribution in [-0.2, 0) is 10.0 Å². The Bertz CT molecular complexity index is 718. The molecule has 3 N–H and O–H groups in total. The predicted octanol–water partition coefficient (Wildman–Crippen LogP) is 1.39. The second kappa shape index (κ2) is 5.75. The lowest BCUT2D eigenvalue weighted by Gasteiger charge is -2.27. The number of aromatic nitrogens is 2. The summed E-state index contributed by atoms with van der Waals surface area (Å²) < 4.78 is 27.8. The van der Waals surface area contributed by atoms with Crippen molar-refractivity contribution in [2.24, 2.45) is 5.92 Å². The Balaban J connectivity index is 1.78. The fourth-order valence-electron chi connectivity index (χ4n) is 2.90. The summed E-state index contributed by atoms with van der Waals surface area (Å²) in [7, 11) is -3.55. The summed E-state index contributed by atoms with van der Waals surface area (Å²) in [6.45, 7) is 0.188. The van der Waals surface area contributed by atoms with Crippen LogP contribution in [0.4, 0.5) is 0 Å². The van der Waals surface area contributed by atoms with Crippen LogP contribution < -0.4 is 4.72 Å². The lowest BCUT2D eigenvalue weighted by molar-refractivity contribution is 0.180. The van der Waals surface area contributed by atoms with E-state index in [2.05, 4.69) is 14.7 Å². The summed E-state index contributed by atoms with van der Waals surface area (Å²) in [5.41, 5.74) is 0.571. The fraction of sp³-hybridized carbons (Fsp3) is 0.500. The highest BCUT2D eigenvalue weighted by Gasteiger charge is 2.27. The maximum Gasteiger partial charge on any atom is 0.243 e. The Labute approximate surface area is 123 Å². The quantitative estimate of drug-likeness (QED) is 0.795. The number of hydrogen-bond acceptors (Lipinski definition) is 4. The Kier molecular flexibility index (Phi) is 3.97. The summed E-state index contributed by atoms with van der Waals surface area (Å²) in [4.78, 5) is 7.24. The summed E-state index contributed by atoms with van der Waals surface area (Å²) in [5, 5.41) is 9.73. The molecule has 2 aromatic heterocycles. The van der Waals surface area contributed by atoms with E-state index in [9.17, 15) is 8.42 Å². The molecule has 3 rings (SSSR count). The minimum atomic E-state index is -3.55. The predicted molar refractivity (Wildman–Crippen MR) is 79.2 cm³/mol. The molecule has 21 heavy (non-hydrogen) atoms. The van der Waals surface area contributed by atoms with E-state index < -0.39 is 10.0 Å². The van der Waals surface area contributed by atoms with Gasteiger partial charge in [0.1, 0.15) is 10.5 Å². The molecule has 0 aromatic carbocycles. The molecule has 0 saturated heterocycles. The summed E-state index contributed by atoms with van der Waals surface area (Å²) >= 11 is 0. The second-order valence-electron chi connectivity index (χ2n) is 5.57. The van der Waals surface area contributed by atoms with E-state index in [4.69, 9.17) is 5.11 Å². The Morgan fingerprint density at radius 3 is 2.81 bits per heavy atom. The van der Waals surface area contributed by atoms with E-state index in [0.717, 1.165) is 25.7 Å². The first-order chi connectivity index (χ1) is 10.1. The number of nitrogens with zero attached hydrogens (tertiary/aromatic N) is 1. The summed E-state index contributed by atoms with van der Waals surface area (Å²) in [5.74, 6) is 0.308. The molecule has 2 aromatic rings. The fourth-order valence-corrected chi connectivity index (χ4v) is 4.37. The van der Waals surface area contributed by atoms with E-state index in [1.807, 2.05) is 0 Å². The number of fused-ring (bicyclic) bond motifs is 1. The molecular formula is C14H19N3O3S. The van der Waals surface area contributed by atoms with Crippen molar-refractivity contribution in [2.75, 3.05) is 6.61 Å². The van der Waals surface area contributed by atoms with E-state index in [1.165, 1.54) is 6.20 Å². The monoisotopic (exact) mass is 309 g/mol. The van der Waals surface area contributed by atoms with Gasteiger partial charge in [-0.15, -0.1) is 0 Å². The van der Waals surface area contributed by atoms with E-state index in [-0.39, 0.29) is 17.5 Å². The van der Waals surface area contributed by atoms with Crippen molar-refractivity contribution < 1.29 is 13.5 Å². The van der Waals surface area contributed by atoms with Crippen LogP contribution in [0.3, 0.4) is 0 Å². The van der Waals surface area contributed by atoms with Gasteiger partial charge in [-0.3, -0.25) is 0 Å². The maximum atomic E-state index is 12.5. The van der Waals surface area contributed by atoms with Gasteiger partial charge < -0.3 is 10.1 Å². The average Bonchev–Trinajstić information content (AvgIpc) is 2.92. The summed E-state index contributed by atoms with van der Waals surface area (Å²) in [6, 6.07) is 3.41. The van der Waals surface area contributed by atoms with Crippen molar-refractivity contribution in [3.8, 4) is 0 Å². The number of aromatic amines is 1. The molecule has 0 spiro atoms. The SMILES string of the molecule is O=S(=O)(NC1CCC(CO)CC1)c1c[nH]c2ncccc12. The minimum Gasteiger partial charge on any atom is -0.396 e. The first kappa shape index (κ1) is 14.5. The zero-order valence-electron chi connectivity index (χ0n) is 11.6. The van der Waals surface area contributed by atoms with Crippen molar-refractivity contribution in [2.45, 2.75) is 36.6 Å². The van der Waals surface area contributed by atoms with E-state index in [1.54, 1.807) is 18.3 Å². The zero-order valence-corrected chi connectivity index (χ0v) is 12.4. The summed E-state index contributed by atoms with van der Waals surface area (Å²) in [6.07, 6.45) is 6.37. The molecule has 114 valence electrons. The van der Waals surface area contributed by atoms with Gasteiger partial charge in [0.15, 0.2) is 0 Å². The van der Waals surface area contributed by atoms with Crippen LogP contribution in [0, 0.1) is 5.92 Å². The average molecular weight is 309 g/mol. The number of rotatable bonds is 4.